The fraction of sp³-hybridized carbons (Fsp3) is 0.167. The average Bonchev–Trinajstić information content (AvgIpc) is 2.60. The van der Waals surface area contributed by atoms with E-state index in [2.05, 4.69) is 5.32 Å². The molecule has 5 heteroatoms. The molecule has 0 aliphatic carbocycles. The normalized spacial score (nSPS) is 17.4. The summed E-state index contributed by atoms with van der Waals surface area (Å²) in [5.74, 6) is 0.317. The third-order valence-electron chi connectivity index (χ3n) is 2.34. The Morgan fingerprint density at radius 3 is 2.71 bits per heavy atom. The topological polar surface area (TPSA) is 55.4 Å². The van der Waals surface area contributed by atoms with Gasteiger partial charge in [0.2, 0.25) is 5.91 Å². The number of carbonyl (C=O) groups is 1. The number of hydrogen-bond acceptors (Lipinski definition) is 3. The van der Waals surface area contributed by atoms with Crippen LogP contribution in [-0.4, -0.2) is 18.2 Å². The number of ether oxygens (including phenoxy) is 1. The van der Waals surface area contributed by atoms with Crippen molar-refractivity contribution in [3.63, 3.8) is 0 Å². The molecule has 1 unspecified atom stereocenters. The summed E-state index contributed by atoms with van der Waals surface area (Å²) < 4.78 is 5.28. The summed E-state index contributed by atoms with van der Waals surface area (Å²) in [7, 11) is 0.639. The van der Waals surface area contributed by atoms with Crippen molar-refractivity contribution in [1.29, 1.82) is 0 Å². The van der Waals surface area contributed by atoms with Gasteiger partial charge in [-0.15, -0.1) is 0 Å². The smallest absolute Gasteiger partial charge is 0.221 e. The van der Waals surface area contributed by atoms with Crippen molar-refractivity contribution in [3.8, 4) is 0 Å². The molecule has 1 N–H and O–H groups in total. The molecule has 1 aliphatic heterocycles. The molecule has 0 saturated heterocycles. The average molecular weight is 249 g/mol. The second-order valence-corrected chi connectivity index (χ2v) is 5.06. The summed E-state index contributed by atoms with van der Waals surface area (Å²) in [5, 5.41) is 5.12. The van der Waals surface area contributed by atoms with Crippen LogP contribution in [0.4, 0.5) is 0 Å². The lowest BCUT2D eigenvalue weighted by Crippen LogP contribution is -2.18. The minimum atomic E-state index is -0.880. The van der Waals surface area contributed by atoms with Crippen LogP contribution >= 0.6 is 10.5 Å². The monoisotopic (exact) mass is 249 g/mol. The van der Waals surface area contributed by atoms with E-state index in [-0.39, 0.29) is 5.91 Å². The first-order valence-corrected chi connectivity index (χ1v) is 6.19. The van der Waals surface area contributed by atoms with E-state index in [4.69, 9.17) is 4.74 Å². The Bertz CT molecular complexity index is 571. The summed E-state index contributed by atoms with van der Waals surface area (Å²) >= 11 is 0. The lowest BCUT2D eigenvalue weighted by molar-refractivity contribution is -0.118. The van der Waals surface area contributed by atoms with Gasteiger partial charge in [-0.1, -0.05) is 18.2 Å². The highest BCUT2D eigenvalue weighted by Gasteiger charge is 2.28. The highest BCUT2D eigenvalue weighted by atomic mass is 32.2. The van der Waals surface area contributed by atoms with Crippen molar-refractivity contribution in [2.45, 2.75) is 11.8 Å². The van der Waals surface area contributed by atoms with Crippen molar-refractivity contribution < 1.29 is 14.3 Å². The molecule has 1 aromatic rings. The third-order valence-corrected chi connectivity index (χ3v) is 4.00. The van der Waals surface area contributed by atoms with Gasteiger partial charge < -0.3 is 10.1 Å². The molecule has 88 valence electrons. The van der Waals surface area contributed by atoms with Crippen molar-refractivity contribution in [3.05, 3.63) is 34.9 Å². The van der Waals surface area contributed by atoms with Crippen LogP contribution in [0, 0.1) is 0 Å². The highest BCUT2D eigenvalue weighted by Crippen LogP contribution is 2.47. The van der Waals surface area contributed by atoms with Gasteiger partial charge in [-0.3, -0.25) is 4.79 Å². The summed E-state index contributed by atoms with van der Waals surface area (Å²) in [6.07, 6.45) is 0. The van der Waals surface area contributed by atoms with E-state index in [1.54, 1.807) is 0 Å². The van der Waals surface area contributed by atoms with Crippen LogP contribution in [0.15, 0.2) is 34.2 Å². The first kappa shape index (κ1) is 11.6. The molecule has 1 aromatic carbocycles. The molecule has 1 atom stereocenters. The van der Waals surface area contributed by atoms with Crippen LogP contribution < -0.4 is 5.32 Å². The number of carbonyl (C=O) groups excluding carboxylic acids is 2. The fourth-order valence-electron chi connectivity index (χ4n) is 1.71. The molecule has 0 aromatic heterocycles. The number of fused-ring (bicyclic) bond motifs is 1. The number of nitrogens with one attached hydrogen (secondary N) is 1. The minimum Gasteiger partial charge on any atom is -0.493 e. The van der Waals surface area contributed by atoms with Gasteiger partial charge in [0.05, 0.1) is 7.11 Å². The Kier molecular flexibility index (Phi) is 3.13. The van der Waals surface area contributed by atoms with E-state index in [0.717, 1.165) is 10.5 Å². The summed E-state index contributed by atoms with van der Waals surface area (Å²) in [6, 6.07) is 7.42. The predicted octanol–water partition coefficient (Wildman–Crippen LogP) is 1.80. The van der Waals surface area contributed by atoms with E-state index >= 15 is 0 Å². The van der Waals surface area contributed by atoms with Crippen molar-refractivity contribution >= 4 is 27.4 Å². The maximum Gasteiger partial charge on any atom is 0.221 e. The van der Waals surface area contributed by atoms with E-state index in [9.17, 15) is 9.59 Å². The molecule has 0 saturated carbocycles. The summed E-state index contributed by atoms with van der Waals surface area (Å²) in [6.45, 7) is 1.40. The van der Waals surface area contributed by atoms with Crippen LogP contribution in [0.2, 0.25) is 0 Å². The SMILES string of the molecule is COC1=C(NC(C)=O)S(=C=O)c2ccccc21. The Hall–Kier alpha value is -1.84. The van der Waals surface area contributed by atoms with E-state index < -0.39 is 10.5 Å². The molecule has 4 nitrogen and oxygen atoms in total. The van der Waals surface area contributed by atoms with E-state index in [0.29, 0.717) is 10.8 Å². The quantitative estimate of drug-likeness (QED) is 0.813. The van der Waals surface area contributed by atoms with Gasteiger partial charge in [0.1, 0.15) is 5.03 Å². The second kappa shape index (κ2) is 4.57. The van der Waals surface area contributed by atoms with Gasteiger partial charge in [0, 0.05) is 17.4 Å². The molecular weight excluding hydrogens is 238 g/mol. The lowest BCUT2D eigenvalue weighted by atomic mass is 10.2. The van der Waals surface area contributed by atoms with Gasteiger partial charge >= 0.3 is 0 Å². The zero-order chi connectivity index (χ0) is 12.4. The Morgan fingerprint density at radius 2 is 2.12 bits per heavy atom. The molecule has 0 fully saturated rings. The molecule has 1 heterocycles. The van der Waals surface area contributed by atoms with Gasteiger partial charge in [0.25, 0.3) is 0 Å². The Labute approximate surface area is 101 Å². The van der Waals surface area contributed by atoms with Gasteiger partial charge in [0.15, 0.2) is 11.0 Å². The van der Waals surface area contributed by atoms with Crippen LogP contribution in [0.1, 0.15) is 12.5 Å². The first-order valence-electron chi connectivity index (χ1n) is 4.96. The second-order valence-electron chi connectivity index (χ2n) is 3.43. The third kappa shape index (κ3) is 1.90. The van der Waals surface area contributed by atoms with Gasteiger partial charge in [-0.25, -0.2) is 4.79 Å². The summed E-state index contributed by atoms with van der Waals surface area (Å²) in [4.78, 5) is 23.1. The number of hydrogen-bond donors (Lipinski definition) is 1. The maximum atomic E-state index is 11.1. The zero-order valence-electron chi connectivity index (χ0n) is 9.44. The molecule has 17 heavy (non-hydrogen) atoms. The molecule has 1 amide bonds. The molecule has 2 rings (SSSR count). The van der Waals surface area contributed by atoms with Crippen LogP contribution in [0.5, 0.6) is 0 Å². The fourth-order valence-corrected chi connectivity index (χ4v) is 3.33. The minimum absolute atomic E-state index is 0.227. The number of benzene rings is 1. The molecule has 1 aliphatic rings. The largest absolute Gasteiger partial charge is 0.493 e. The zero-order valence-corrected chi connectivity index (χ0v) is 10.3. The predicted molar refractivity (Wildman–Crippen MR) is 65.7 cm³/mol. The first-order chi connectivity index (χ1) is 8.19. The van der Waals surface area contributed by atoms with Crippen molar-refractivity contribution in [2.75, 3.05) is 7.11 Å². The highest BCUT2D eigenvalue weighted by molar-refractivity contribution is 8.18. The molecule has 0 bridgehead atoms. The molecule has 0 radical (unpaired) electrons. The summed E-state index contributed by atoms with van der Waals surface area (Å²) in [5.41, 5.74) is 0.838. The number of rotatable bonds is 2. The van der Waals surface area contributed by atoms with Gasteiger partial charge in [-0.2, -0.15) is 0 Å². The lowest BCUT2D eigenvalue weighted by Gasteiger charge is -2.06. The molecule has 0 spiro atoms. The van der Waals surface area contributed by atoms with Crippen LogP contribution in [-0.2, 0) is 14.3 Å². The van der Waals surface area contributed by atoms with Crippen LogP contribution in [0.25, 0.3) is 5.76 Å². The number of methoxy groups -OCH3 is 1. The number of amides is 1. The molecular formula is C12H11NO3S. The van der Waals surface area contributed by atoms with Crippen molar-refractivity contribution in [2.24, 2.45) is 0 Å². The Morgan fingerprint density at radius 1 is 1.41 bits per heavy atom. The standard InChI is InChI=1S/C12H11NO3S/c1-8(15)13-12-11(16-2)9-5-3-4-6-10(9)17(12)7-14/h3-6H,1-2H3,(H,13,15). The van der Waals surface area contributed by atoms with Crippen LogP contribution in [0.3, 0.4) is 0 Å². The van der Waals surface area contributed by atoms with Gasteiger partial charge in [-0.05, 0) is 16.6 Å². The van der Waals surface area contributed by atoms with Crippen molar-refractivity contribution in [1.82, 2.24) is 5.32 Å². The Balaban J connectivity index is 2.64. The van der Waals surface area contributed by atoms with E-state index in [1.807, 2.05) is 29.5 Å². The van der Waals surface area contributed by atoms with E-state index in [1.165, 1.54) is 14.0 Å². The maximum absolute atomic E-state index is 11.1.